The number of hydrogen-bond acceptors (Lipinski definition) is 3. The standard InChI is InChI=1S/C15H23F3N2O/c1-15(2,3)19-9-11-5-4-6-12(16)14(11)20(7-8-21)10-13(17)18/h4-6,13,19,21H,7-10H2,1-3H3. The minimum absolute atomic E-state index is 0.0339. The minimum Gasteiger partial charge on any atom is -0.395 e. The van der Waals surface area contributed by atoms with Crippen molar-refractivity contribution in [1.82, 2.24) is 5.32 Å². The first kappa shape index (κ1) is 17.8. The highest BCUT2D eigenvalue weighted by atomic mass is 19.3. The smallest absolute Gasteiger partial charge is 0.255 e. The van der Waals surface area contributed by atoms with E-state index in [1.807, 2.05) is 20.8 Å². The van der Waals surface area contributed by atoms with Gasteiger partial charge in [0.25, 0.3) is 6.43 Å². The van der Waals surface area contributed by atoms with E-state index in [2.05, 4.69) is 5.32 Å². The predicted molar refractivity (Wildman–Crippen MR) is 78.3 cm³/mol. The van der Waals surface area contributed by atoms with Crippen LogP contribution in [-0.2, 0) is 6.54 Å². The fourth-order valence-electron chi connectivity index (χ4n) is 2.00. The molecule has 1 aromatic carbocycles. The summed E-state index contributed by atoms with van der Waals surface area (Å²) < 4.78 is 39.4. The van der Waals surface area contributed by atoms with Crippen molar-refractivity contribution in [3.63, 3.8) is 0 Å². The lowest BCUT2D eigenvalue weighted by Gasteiger charge is -2.28. The summed E-state index contributed by atoms with van der Waals surface area (Å²) in [5.74, 6) is -0.558. The van der Waals surface area contributed by atoms with Crippen molar-refractivity contribution in [2.45, 2.75) is 39.3 Å². The molecule has 0 amide bonds. The molecule has 0 heterocycles. The first-order chi connectivity index (χ1) is 9.74. The topological polar surface area (TPSA) is 35.5 Å². The van der Waals surface area contributed by atoms with Crippen LogP contribution in [0, 0.1) is 5.82 Å². The van der Waals surface area contributed by atoms with Gasteiger partial charge in [0.15, 0.2) is 0 Å². The van der Waals surface area contributed by atoms with Gasteiger partial charge in [0.05, 0.1) is 18.8 Å². The van der Waals surface area contributed by atoms with Crippen molar-refractivity contribution >= 4 is 5.69 Å². The third-order valence-corrected chi connectivity index (χ3v) is 2.92. The molecule has 0 aliphatic rings. The second kappa shape index (κ2) is 7.66. The van der Waals surface area contributed by atoms with Crippen LogP contribution < -0.4 is 10.2 Å². The first-order valence-corrected chi connectivity index (χ1v) is 6.91. The van der Waals surface area contributed by atoms with E-state index < -0.39 is 18.8 Å². The lowest BCUT2D eigenvalue weighted by molar-refractivity contribution is 0.152. The van der Waals surface area contributed by atoms with Gasteiger partial charge in [-0.15, -0.1) is 0 Å². The highest BCUT2D eigenvalue weighted by Crippen LogP contribution is 2.25. The molecule has 0 bridgehead atoms. The number of nitrogens with zero attached hydrogens (tertiary/aromatic N) is 1. The molecule has 0 radical (unpaired) electrons. The van der Waals surface area contributed by atoms with E-state index in [-0.39, 0.29) is 24.4 Å². The molecular weight excluding hydrogens is 281 g/mol. The summed E-state index contributed by atoms with van der Waals surface area (Å²) >= 11 is 0. The van der Waals surface area contributed by atoms with Crippen LogP contribution in [0.15, 0.2) is 18.2 Å². The summed E-state index contributed by atoms with van der Waals surface area (Å²) in [6.45, 7) is 5.32. The number of nitrogens with one attached hydrogen (secondary N) is 1. The lowest BCUT2D eigenvalue weighted by Crippen LogP contribution is -2.37. The van der Waals surface area contributed by atoms with Crippen LogP contribution in [0.1, 0.15) is 26.3 Å². The normalized spacial score (nSPS) is 12.0. The minimum atomic E-state index is -2.60. The van der Waals surface area contributed by atoms with E-state index in [1.165, 1.54) is 11.0 Å². The Morgan fingerprint density at radius 3 is 2.48 bits per heavy atom. The van der Waals surface area contributed by atoms with Crippen LogP contribution in [0.2, 0.25) is 0 Å². The number of hydrogen-bond donors (Lipinski definition) is 2. The Morgan fingerprint density at radius 1 is 1.29 bits per heavy atom. The van der Waals surface area contributed by atoms with Gasteiger partial charge in [0.2, 0.25) is 0 Å². The molecule has 0 unspecified atom stereocenters. The second-order valence-electron chi connectivity index (χ2n) is 5.91. The zero-order valence-electron chi connectivity index (χ0n) is 12.7. The Bertz CT molecular complexity index is 447. The molecule has 6 heteroatoms. The van der Waals surface area contributed by atoms with Gasteiger partial charge < -0.3 is 15.3 Å². The maximum Gasteiger partial charge on any atom is 0.255 e. The van der Waals surface area contributed by atoms with Gasteiger partial charge in [-0.3, -0.25) is 0 Å². The van der Waals surface area contributed by atoms with Crippen LogP contribution in [0.5, 0.6) is 0 Å². The molecule has 2 N–H and O–H groups in total. The third-order valence-electron chi connectivity index (χ3n) is 2.92. The van der Waals surface area contributed by atoms with Crippen molar-refractivity contribution in [2.75, 3.05) is 24.6 Å². The molecule has 0 aliphatic carbocycles. The van der Waals surface area contributed by atoms with E-state index >= 15 is 0 Å². The van der Waals surface area contributed by atoms with Crippen molar-refractivity contribution in [2.24, 2.45) is 0 Å². The van der Waals surface area contributed by atoms with Crippen molar-refractivity contribution in [1.29, 1.82) is 0 Å². The second-order valence-corrected chi connectivity index (χ2v) is 5.91. The fraction of sp³-hybridized carbons (Fsp3) is 0.600. The van der Waals surface area contributed by atoms with Gasteiger partial charge in [-0.1, -0.05) is 12.1 Å². The molecule has 0 saturated carbocycles. The molecule has 0 aromatic heterocycles. The Morgan fingerprint density at radius 2 is 1.95 bits per heavy atom. The average Bonchev–Trinajstić information content (AvgIpc) is 2.34. The average molecular weight is 304 g/mol. The summed E-state index contributed by atoms with van der Waals surface area (Å²) in [5.41, 5.74) is 0.552. The SMILES string of the molecule is CC(C)(C)NCc1cccc(F)c1N(CCO)CC(F)F. The maximum absolute atomic E-state index is 14.1. The zero-order valence-corrected chi connectivity index (χ0v) is 12.7. The van der Waals surface area contributed by atoms with Gasteiger partial charge in [-0.05, 0) is 32.4 Å². The first-order valence-electron chi connectivity index (χ1n) is 6.91. The molecule has 120 valence electrons. The van der Waals surface area contributed by atoms with Crippen LogP contribution in [0.4, 0.5) is 18.9 Å². The van der Waals surface area contributed by atoms with Gasteiger partial charge >= 0.3 is 0 Å². The molecule has 1 aromatic rings. The fourth-order valence-corrected chi connectivity index (χ4v) is 2.00. The number of halogens is 3. The Balaban J connectivity index is 3.06. The molecule has 3 nitrogen and oxygen atoms in total. The molecule has 1 rings (SSSR count). The monoisotopic (exact) mass is 304 g/mol. The van der Waals surface area contributed by atoms with Gasteiger partial charge in [0, 0.05) is 18.6 Å². The van der Waals surface area contributed by atoms with E-state index in [9.17, 15) is 13.2 Å². The highest BCUT2D eigenvalue weighted by Gasteiger charge is 2.20. The van der Waals surface area contributed by atoms with Crippen LogP contribution >= 0.6 is 0 Å². The molecule has 0 aliphatic heterocycles. The van der Waals surface area contributed by atoms with E-state index in [1.54, 1.807) is 12.1 Å². The maximum atomic E-state index is 14.1. The number of benzene rings is 1. The Kier molecular flexibility index (Phi) is 6.48. The van der Waals surface area contributed by atoms with Crippen molar-refractivity contribution in [3.05, 3.63) is 29.6 Å². The number of alkyl halides is 2. The summed E-state index contributed by atoms with van der Waals surface area (Å²) in [6, 6.07) is 4.50. The number of rotatable bonds is 7. The van der Waals surface area contributed by atoms with Crippen LogP contribution in [-0.4, -0.2) is 36.8 Å². The largest absolute Gasteiger partial charge is 0.395 e. The number of para-hydroxylation sites is 1. The Labute approximate surface area is 123 Å². The summed E-state index contributed by atoms with van der Waals surface area (Å²) in [5, 5.41) is 12.2. The number of aliphatic hydroxyl groups is 1. The Hall–Kier alpha value is -1.27. The van der Waals surface area contributed by atoms with Crippen molar-refractivity contribution in [3.8, 4) is 0 Å². The summed E-state index contributed by atoms with van der Waals surface area (Å²) in [7, 11) is 0. The molecule has 0 atom stereocenters. The molecule has 21 heavy (non-hydrogen) atoms. The van der Waals surface area contributed by atoms with Crippen LogP contribution in [0.3, 0.4) is 0 Å². The molecule has 0 spiro atoms. The van der Waals surface area contributed by atoms with E-state index in [0.29, 0.717) is 12.1 Å². The summed E-state index contributed by atoms with van der Waals surface area (Å²) in [4.78, 5) is 1.19. The highest BCUT2D eigenvalue weighted by molar-refractivity contribution is 5.55. The lowest BCUT2D eigenvalue weighted by atomic mass is 10.1. The molecule has 0 fully saturated rings. The molecular formula is C15H23F3N2O. The van der Waals surface area contributed by atoms with E-state index in [4.69, 9.17) is 5.11 Å². The van der Waals surface area contributed by atoms with Gasteiger partial charge in [-0.2, -0.15) is 0 Å². The number of aliphatic hydroxyl groups excluding tert-OH is 1. The number of anilines is 1. The zero-order chi connectivity index (χ0) is 16.0. The van der Waals surface area contributed by atoms with E-state index in [0.717, 1.165) is 0 Å². The quantitative estimate of drug-likeness (QED) is 0.813. The predicted octanol–water partition coefficient (Wildman–Crippen LogP) is 2.78. The summed E-state index contributed by atoms with van der Waals surface area (Å²) in [6.07, 6.45) is -2.60. The van der Waals surface area contributed by atoms with Gasteiger partial charge in [-0.25, -0.2) is 13.2 Å². The molecule has 0 saturated heterocycles. The van der Waals surface area contributed by atoms with Crippen molar-refractivity contribution < 1.29 is 18.3 Å². The van der Waals surface area contributed by atoms with Gasteiger partial charge in [0.1, 0.15) is 5.82 Å². The van der Waals surface area contributed by atoms with Crippen LogP contribution in [0.25, 0.3) is 0 Å². The third kappa shape index (κ3) is 5.93.